The minimum Gasteiger partial charge on any atom is -0.493 e. The summed E-state index contributed by atoms with van der Waals surface area (Å²) in [6.07, 6.45) is 1.39. The summed E-state index contributed by atoms with van der Waals surface area (Å²) < 4.78 is 11.2. The van der Waals surface area contributed by atoms with Crippen molar-refractivity contribution in [2.45, 2.75) is 26.9 Å². The summed E-state index contributed by atoms with van der Waals surface area (Å²) in [6, 6.07) is 12.4. The molecule has 0 aromatic heterocycles. The number of halogens is 1. The molecule has 0 saturated carbocycles. The third-order valence-corrected chi connectivity index (χ3v) is 4.17. The summed E-state index contributed by atoms with van der Waals surface area (Å²) in [4.78, 5) is 12.6. The van der Waals surface area contributed by atoms with Gasteiger partial charge in [0, 0.05) is 16.3 Å². The van der Waals surface area contributed by atoms with Crippen LogP contribution in [-0.4, -0.2) is 19.1 Å². The topological polar surface area (TPSA) is 71.3 Å². The van der Waals surface area contributed by atoms with Crippen LogP contribution in [0, 0.1) is 18.3 Å². The number of methoxy groups -OCH3 is 1. The number of rotatable bonds is 6. The largest absolute Gasteiger partial charge is 0.493 e. The van der Waals surface area contributed by atoms with Crippen molar-refractivity contribution in [1.82, 2.24) is 0 Å². The van der Waals surface area contributed by atoms with E-state index in [0.29, 0.717) is 27.8 Å². The Hall–Kier alpha value is -2.97. The number of amides is 1. The van der Waals surface area contributed by atoms with E-state index >= 15 is 0 Å². The quantitative estimate of drug-likeness (QED) is 0.562. The first kappa shape index (κ1) is 20.3. The molecular formula is C21H21ClN2O3. The van der Waals surface area contributed by atoms with E-state index in [4.69, 9.17) is 21.1 Å². The number of nitriles is 1. The number of carbonyl (C=O) groups excluding carboxylic acids is 1. The van der Waals surface area contributed by atoms with Crippen molar-refractivity contribution in [3.63, 3.8) is 0 Å². The minimum atomic E-state index is -0.527. The van der Waals surface area contributed by atoms with Crippen LogP contribution in [0.4, 0.5) is 5.69 Å². The Morgan fingerprint density at radius 2 is 1.96 bits per heavy atom. The molecule has 0 aliphatic heterocycles. The van der Waals surface area contributed by atoms with Gasteiger partial charge in [0.15, 0.2) is 11.5 Å². The molecule has 27 heavy (non-hydrogen) atoms. The van der Waals surface area contributed by atoms with Crippen molar-refractivity contribution >= 4 is 29.3 Å². The van der Waals surface area contributed by atoms with Gasteiger partial charge < -0.3 is 14.8 Å². The van der Waals surface area contributed by atoms with Crippen LogP contribution in [0.1, 0.15) is 25.0 Å². The predicted octanol–water partition coefficient (Wildman–Crippen LogP) is 4.99. The molecule has 0 spiro atoms. The lowest BCUT2D eigenvalue weighted by atomic mass is 10.1. The van der Waals surface area contributed by atoms with Gasteiger partial charge >= 0.3 is 0 Å². The van der Waals surface area contributed by atoms with Gasteiger partial charge in [0.25, 0.3) is 5.91 Å². The second-order valence-electron chi connectivity index (χ2n) is 6.08. The number of carbonyl (C=O) groups is 1. The summed E-state index contributed by atoms with van der Waals surface area (Å²) in [5.41, 5.74) is 1.81. The van der Waals surface area contributed by atoms with Gasteiger partial charge in [0.05, 0.1) is 13.2 Å². The Labute approximate surface area is 164 Å². The molecule has 1 amide bonds. The van der Waals surface area contributed by atoms with Crippen LogP contribution in [0.2, 0.25) is 5.02 Å². The van der Waals surface area contributed by atoms with Crippen LogP contribution in [0.15, 0.2) is 42.0 Å². The van der Waals surface area contributed by atoms with E-state index < -0.39 is 5.91 Å². The first-order valence-electron chi connectivity index (χ1n) is 8.39. The predicted molar refractivity (Wildman–Crippen MR) is 107 cm³/mol. The van der Waals surface area contributed by atoms with Crippen LogP contribution in [0.25, 0.3) is 6.08 Å². The summed E-state index contributed by atoms with van der Waals surface area (Å²) in [5.74, 6) is 0.483. The Morgan fingerprint density at radius 1 is 1.26 bits per heavy atom. The van der Waals surface area contributed by atoms with Crippen LogP contribution >= 0.6 is 11.6 Å². The van der Waals surface area contributed by atoms with Crippen LogP contribution < -0.4 is 14.8 Å². The number of nitrogens with one attached hydrogen (secondary N) is 1. The van der Waals surface area contributed by atoms with Crippen LogP contribution in [0.5, 0.6) is 11.5 Å². The van der Waals surface area contributed by atoms with Crippen molar-refractivity contribution < 1.29 is 14.3 Å². The highest BCUT2D eigenvalue weighted by Crippen LogP contribution is 2.33. The summed E-state index contributed by atoms with van der Waals surface area (Å²) >= 11 is 6.08. The van der Waals surface area contributed by atoms with E-state index in [0.717, 1.165) is 5.56 Å². The molecule has 5 nitrogen and oxygen atoms in total. The molecule has 2 rings (SSSR count). The molecule has 2 aromatic rings. The number of hydrogen-bond acceptors (Lipinski definition) is 4. The SMILES string of the molecule is COc1cccc(/C=C(/C#N)C(=O)Nc2cccc(Cl)c2C)c1OC(C)C. The lowest BCUT2D eigenvalue weighted by Crippen LogP contribution is -2.14. The Kier molecular flexibility index (Phi) is 6.86. The summed E-state index contributed by atoms with van der Waals surface area (Å²) in [6.45, 7) is 5.57. The number of nitrogens with zero attached hydrogens (tertiary/aromatic N) is 1. The fraction of sp³-hybridized carbons (Fsp3) is 0.238. The van der Waals surface area contributed by atoms with E-state index in [9.17, 15) is 10.1 Å². The third kappa shape index (κ3) is 5.02. The van der Waals surface area contributed by atoms with E-state index in [1.54, 1.807) is 43.3 Å². The maximum atomic E-state index is 12.6. The fourth-order valence-electron chi connectivity index (χ4n) is 2.41. The lowest BCUT2D eigenvalue weighted by Gasteiger charge is -2.16. The number of para-hydroxylation sites is 1. The summed E-state index contributed by atoms with van der Waals surface area (Å²) in [5, 5.41) is 12.7. The maximum Gasteiger partial charge on any atom is 0.266 e. The van der Waals surface area contributed by atoms with Gasteiger partial charge in [-0.1, -0.05) is 29.8 Å². The third-order valence-electron chi connectivity index (χ3n) is 3.76. The number of anilines is 1. The van der Waals surface area contributed by atoms with Crippen molar-refractivity contribution in [1.29, 1.82) is 5.26 Å². The molecule has 0 unspecified atom stereocenters. The molecule has 0 heterocycles. The zero-order chi connectivity index (χ0) is 20.0. The second-order valence-corrected chi connectivity index (χ2v) is 6.49. The highest BCUT2D eigenvalue weighted by Gasteiger charge is 2.16. The number of ether oxygens (including phenoxy) is 2. The van der Waals surface area contributed by atoms with Gasteiger partial charge in [-0.25, -0.2) is 0 Å². The molecule has 6 heteroatoms. The molecule has 0 radical (unpaired) electrons. The standard InChI is InChI=1S/C21H21ClN2O3/c1-13(2)27-20-15(7-5-10-19(20)26-4)11-16(12-23)21(25)24-18-9-6-8-17(22)14(18)3/h5-11,13H,1-4H3,(H,24,25)/b16-11-. The average Bonchev–Trinajstić information content (AvgIpc) is 2.63. The van der Waals surface area contributed by atoms with E-state index in [-0.39, 0.29) is 11.7 Å². The van der Waals surface area contributed by atoms with Gasteiger partial charge in [0.2, 0.25) is 0 Å². The maximum absolute atomic E-state index is 12.6. The molecule has 0 bridgehead atoms. The molecule has 2 aromatic carbocycles. The number of hydrogen-bond donors (Lipinski definition) is 1. The molecule has 0 aliphatic rings. The van der Waals surface area contributed by atoms with Gasteiger partial charge in [-0.2, -0.15) is 5.26 Å². The molecule has 0 saturated heterocycles. The lowest BCUT2D eigenvalue weighted by molar-refractivity contribution is -0.112. The Bertz CT molecular complexity index is 914. The van der Waals surface area contributed by atoms with Gasteiger partial charge in [-0.3, -0.25) is 4.79 Å². The monoisotopic (exact) mass is 384 g/mol. The van der Waals surface area contributed by atoms with E-state index in [2.05, 4.69) is 5.32 Å². The van der Waals surface area contributed by atoms with Crippen molar-refractivity contribution in [2.75, 3.05) is 12.4 Å². The van der Waals surface area contributed by atoms with Crippen LogP contribution in [-0.2, 0) is 4.79 Å². The van der Waals surface area contributed by atoms with Crippen LogP contribution in [0.3, 0.4) is 0 Å². The first-order valence-corrected chi connectivity index (χ1v) is 8.77. The molecule has 1 N–H and O–H groups in total. The summed E-state index contributed by atoms with van der Waals surface area (Å²) in [7, 11) is 1.54. The van der Waals surface area contributed by atoms with Gasteiger partial charge in [-0.05, 0) is 50.6 Å². The van der Waals surface area contributed by atoms with Crippen molar-refractivity contribution in [3.8, 4) is 17.6 Å². The minimum absolute atomic E-state index is 0.0590. The second kappa shape index (κ2) is 9.11. The smallest absolute Gasteiger partial charge is 0.266 e. The molecule has 0 atom stereocenters. The molecule has 140 valence electrons. The molecule has 0 aliphatic carbocycles. The highest BCUT2D eigenvalue weighted by atomic mass is 35.5. The highest BCUT2D eigenvalue weighted by molar-refractivity contribution is 6.31. The zero-order valence-corrected chi connectivity index (χ0v) is 16.4. The van der Waals surface area contributed by atoms with Gasteiger partial charge in [-0.15, -0.1) is 0 Å². The zero-order valence-electron chi connectivity index (χ0n) is 15.7. The van der Waals surface area contributed by atoms with Crippen molar-refractivity contribution in [2.24, 2.45) is 0 Å². The van der Waals surface area contributed by atoms with Crippen molar-refractivity contribution in [3.05, 3.63) is 58.1 Å². The average molecular weight is 385 g/mol. The first-order chi connectivity index (χ1) is 12.9. The molecular weight excluding hydrogens is 364 g/mol. The Balaban J connectivity index is 2.39. The Morgan fingerprint density at radius 3 is 2.59 bits per heavy atom. The normalized spacial score (nSPS) is 11.1. The van der Waals surface area contributed by atoms with E-state index in [1.165, 1.54) is 13.2 Å². The number of benzene rings is 2. The van der Waals surface area contributed by atoms with E-state index in [1.807, 2.05) is 19.9 Å². The molecule has 0 fully saturated rings. The van der Waals surface area contributed by atoms with Gasteiger partial charge in [0.1, 0.15) is 11.6 Å². The fourth-order valence-corrected chi connectivity index (χ4v) is 2.58.